The van der Waals surface area contributed by atoms with Gasteiger partial charge in [0.05, 0.1) is 24.3 Å². The van der Waals surface area contributed by atoms with E-state index in [9.17, 15) is 19.1 Å². The fourth-order valence-electron chi connectivity index (χ4n) is 3.58. The Morgan fingerprint density at radius 2 is 1.86 bits per heavy atom. The average molecular weight is 397 g/mol. The first-order valence-corrected chi connectivity index (χ1v) is 9.58. The fourth-order valence-corrected chi connectivity index (χ4v) is 3.58. The van der Waals surface area contributed by atoms with Crippen LogP contribution in [0, 0.1) is 12.7 Å². The molecule has 1 saturated heterocycles. The Bertz CT molecular complexity index is 965. The van der Waals surface area contributed by atoms with E-state index < -0.39 is 23.5 Å². The van der Waals surface area contributed by atoms with Crippen LogP contribution in [0.4, 0.5) is 4.39 Å². The molecule has 2 aromatic rings. The van der Waals surface area contributed by atoms with Crippen LogP contribution in [0.1, 0.15) is 42.5 Å². The number of methoxy groups -OCH3 is 1. The molecular formula is C23H24FNO4. The number of likely N-dealkylation sites (tertiary alicyclic amines) is 1. The van der Waals surface area contributed by atoms with Gasteiger partial charge in [0.15, 0.2) is 0 Å². The Hall–Kier alpha value is -3.15. The van der Waals surface area contributed by atoms with Gasteiger partial charge in [-0.05, 0) is 43.2 Å². The molecule has 1 aliphatic rings. The summed E-state index contributed by atoms with van der Waals surface area (Å²) in [5.74, 6) is -1.74. The summed E-state index contributed by atoms with van der Waals surface area (Å²) in [6.45, 7) is 4.21. The van der Waals surface area contributed by atoms with E-state index in [4.69, 9.17) is 4.74 Å². The monoisotopic (exact) mass is 397 g/mol. The summed E-state index contributed by atoms with van der Waals surface area (Å²) in [7, 11) is 1.47. The van der Waals surface area contributed by atoms with Crippen molar-refractivity contribution in [2.75, 3.05) is 13.7 Å². The number of benzene rings is 2. The first kappa shape index (κ1) is 20.6. The Kier molecular flexibility index (Phi) is 6.01. The molecule has 1 heterocycles. The number of rotatable bonds is 6. The Morgan fingerprint density at radius 3 is 2.48 bits per heavy atom. The van der Waals surface area contributed by atoms with Crippen LogP contribution in [-0.4, -0.2) is 35.4 Å². The number of ether oxygens (including phenoxy) is 1. The molecule has 5 nitrogen and oxygen atoms in total. The predicted octanol–water partition coefficient (Wildman–Crippen LogP) is 4.36. The van der Waals surface area contributed by atoms with E-state index in [0.29, 0.717) is 29.8 Å². The number of aliphatic hydroxyl groups excluding tert-OH is 1. The zero-order valence-corrected chi connectivity index (χ0v) is 16.7. The van der Waals surface area contributed by atoms with Gasteiger partial charge in [-0.1, -0.05) is 37.1 Å². The van der Waals surface area contributed by atoms with Crippen LogP contribution in [0.2, 0.25) is 0 Å². The Balaban J connectivity index is 2.22. The van der Waals surface area contributed by atoms with Crippen LogP contribution >= 0.6 is 0 Å². The molecule has 6 heteroatoms. The smallest absolute Gasteiger partial charge is 0.295 e. The molecule has 1 unspecified atom stereocenters. The quantitative estimate of drug-likeness (QED) is 0.447. The summed E-state index contributed by atoms with van der Waals surface area (Å²) in [4.78, 5) is 27.1. The normalized spacial score (nSPS) is 18.3. The first-order valence-electron chi connectivity index (χ1n) is 9.58. The maximum absolute atomic E-state index is 13.5. The number of ketones is 1. The van der Waals surface area contributed by atoms with Crippen LogP contribution in [0.15, 0.2) is 48.0 Å². The SMILES string of the molecule is CCCCN1C(=O)C(=O)/C(=C(/O)c2cc(C)ccc2OC)C1c1ccc(F)cc1. The number of hydrogen-bond acceptors (Lipinski definition) is 4. The predicted molar refractivity (Wildman–Crippen MR) is 108 cm³/mol. The van der Waals surface area contributed by atoms with E-state index in [-0.39, 0.29) is 11.3 Å². The van der Waals surface area contributed by atoms with E-state index in [1.54, 1.807) is 12.1 Å². The maximum Gasteiger partial charge on any atom is 0.295 e. The summed E-state index contributed by atoms with van der Waals surface area (Å²) in [6.07, 6.45) is 1.55. The molecule has 29 heavy (non-hydrogen) atoms. The molecule has 0 aliphatic carbocycles. The minimum absolute atomic E-state index is 0.0124. The lowest BCUT2D eigenvalue weighted by Gasteiger charge is -2.25. The molecule has 1 fully saturated rings. The number of halogens is 1. The molecule has 1 atom stereocenters. The average Bonchev–Trinajstić information content (AvgIpc) is 2.97. The lowest BCUT2D eigenvalue weighted by atomic mass is 9.94. The number of Topliss-reactive ketones (excluding diaryl/α,β-unsaturated/α-hetero) is 1. The van der Waals surface area contributed by atoms with E-state index in [1.165, 1.54) is 36.3 Å². The number of hydrogen-bond donors (Lipinski definition) is 1. The molecule has 1 aliphatic heterocycles. The van der Waals surface area contributed by atoms with Crippen molar-refractivity contribution in [2.24, 2.45) is 0 Å². The summed E-state index contributed by atoms with van der Waals surface area (Å²) in [6, 6.07) is 10.1. The summed E-state index contributed by atoms with van der Waals surface area (Å²) < 4.78 is 18.8. The lowest BCUT2D eigenvalue weighted by Crippen LogP contribution is -2.30. The first-order chi connectivity index (χ1) is 13.9. The third-order valence-electron chi connectivity index (χ3n) is 5.09. The zero-order valence-electron chi connectivity index (χ0n) is 16.7. The summed E-state index contributed by atoms with van der Waals surface area (Å²) in [5.41, 5.74) is 1.76. The van der Waals surface area contributed by atoms with Gasteiger partial charge in [-0.2, -0.15) is 0 Å². The molecule has 0 saturated carbocycles. The van der Waals surface area contributed by atoms with Crippen molar-refractivity contribution in [3.63, 3.8) is 0 Å². The van der Waals surface area contributed by atoms with Gasteiger partial charge in [0, 0.05) is 6.54 Å². The Labute approximate surface area is 169 Å². The maximum atomic E-state index is 13.5. The van der Waals surface area contributed by atoms with E-state index >= 15 is 0 Å². The highest BCUT2D eigenvalue weighted by Gasteiger charge is 2.46. The van der Waals surface area contributed by atoms with Crippen molar-refractivity contribution < 1.29 is 23.8 Å². The topological polar surface area (TPSA) is 66.8 Å². The third-order valence-corrected chi connectivity index (χ3v) is 5.09. The second-order valence-corrected chi connectivity index (χ2v) is 7.10. The fraction of sp³-hybridized carbons (Fsp3) is 0.304. The van der Waals surface area contributed by atoms with E-state index in [1.807, 2.05) is 19.9 Å². The highest BCUT2D eigenvalue weighted by Crippen LogP contribution is 2.41. The molecule has 1 N–H and O–H groups in total. The Morgan fingerprint density at radius 1 is 1.17 bits per heavy atom. The molecule has 1 amide bonds. The van der Waals surface area contributed by atoms with Crippen LogP contribution in [0.3, 0.4) is 0 Å². The van der Waals surface area contributed by atoms with Gasteiger partial charge < -0.3 is 14.7 Å². The van der Waals surface area contributed by atoms with Gasteiger partial charge in [0.25, 0.3) is 11.7 Å². The number of carbonyl (C=O) groups excluding carboxylic acids is 2. The molecule has 0 bridgehead atoms. The molecule has 2 aromatic carbocycles. The highest BCUT2D eigenvalue weighted by atomic mass is 19.1. The number of amides is 1. The lowest BCUT2D eigenvalue weighted by molar-refractivity contribution is -0.139. The second kappa shape index (κ2) is 8.47. The minimum atomic E-state index is -0.785. The van der Waals surface area contributed by atoms with Gasteiger partial charge in [0.2, 0.25) is 0 Å². The van der Waals surface area contributed by atoms with Crippen LogP contribution in [0.25, 0.3) is 5.76 Å². The number of aryl methyl sites for hydroxylation is 1. The van der Waals surface area contributed by atoms with Crippen molar-refractivity contribution in [2.45, 2.75) is 32.7 Å². The molecule has 0 spiro atoms. The van der Waals surface area contributed by atoms with Crippen molar-refractivity contribution in [1.82, 2.24) is 4.90 Å². The van der Waals surface area contributed by atoms with Gasteiger partial charge in [-0.15, -0.1) is 0 Å². The molecular weight excluding hydrogens is 373 g/mol. The number of carbonyl (C=O) groups is 2. The van der Waals surface area contributed by atoms with Crippen LogP contribution in [-0.2, 0) is 9.59 Å². The number of nitrogens with zero attached hydrogens (tertiary/aromatic N) is 1. The standard InChI is InChI=1S/C23H24FNO4/c1-4-5-12-25-20(15-7-9-16(24)10-8-15)19(22(27)23(25)28)21(26)17-13-14(2)6-11-18(17)29-3/h6-11,13,20,26H,4-5,12H2,1-3H3/b21-19+. The minimum Gasteiger partial charge on any atom is -0.507 e. The van der Waals surface area contributed by atoms with Gasteiger partial charge in [0.1, 0.15) is 17.3 Å². The number of aliphatic hydroxyl groups is 1. The molecule has 0 aromatic heterocycles. The van der Waals surface area contributed by atoms with Crippen molar-refractivity contribution in [3.05, 3.63) is 70.5 Å². The summed E-state index contributed by atoms with van der Waals surface area (Å²) >= 11 is 0. The van der Waals surface area contributed by atoms with Gasteiger partial charge >= 0.3 is 0 Å². The highest BCUT2D eigenvalue weighted by molar-refractivity contribution is 6.46. The van der Waals surface area contributed by atoms with Gasteiger partial charge in [-0.3, -0.25) is 9.59 Å². The van der Waals surface area contributed by atoms with Crippen LogP contribution in [0.5, 0.6) is 5.75 Å². The zero-order chi connectivity index (χ0) is 21.1. The summed E-state index contributed by atoms with van der Waals surface area (Å²) in [5, 5.41) is 11.1. The molecule has 3 rings (SSSR count). The second-order valence-electron chi connectivity index (χ2n) is 7.10. The third kappa shape index (κ3) is 3.88. The largest absolute Gasteiger partial charge is 0.507 e. The van der Waals surface area contributed by atoms with E-state index in [0.717, 1.165) is 12.0 Å². The van der Waals surface area contributed by atoms with Gasteiger partial charge in [-0.25, -0.2) is 4.39 Å². The van der Waals surface area contributed by atoms with Crippen LogP contribution < -0.4 is 4.74 Å². The number of unbranched alkanes of at least 4 members (excludes halogenated alkanes) is 1. The van der Waals surface area contributed by atoms with Crippen molar-refractivity contribution in [3.8, 4) is 5.75 Å². The molecule has 152 valence electrons. The van der Waals surface area contributed by atoms with Crippen molar-refractivity contribution in [1.29, 1.82) is 0 Å². The molecule has 0 radical (unpaired) electrons. The van der Waals surface area contributed by atoms with Crippen molar-refractivity contribution >= 4 is 17.4 Å². The van der Waals surface area contributed by atoms with E-state index in [2.05, 4.69) is 0 Å².